The van der Waals surface area contributed by atoms with Gasteiger partial charge in [0.1, 0.15) is 0 Å². The van der Waals surface area contributed by atoms with E-state index < -0.39 is 0 Å². The molecular formula is C17H15N5. The Kier molecular flexibility index (Phi) is 2.89. The summed E-state index contributed by atoms with van der Waals surface area (Å²) in [6.07, 6.45) is 1.81. The second-order valence-corrected chi connectivity index (χ2v) is 5.25. The van der Waals surface area contributed by atoms with E-state index in [1.165, 1.54) is 0 Å². The van der Waals surface area contributed by atoms with Crippen LogP contribution in [0.1, 0.15) is 5.56 Å². The molecule has 0 saturated carbocycles. The number of nitrogen functional groups attached to an aromatic ring is 1. The number of rotatable bonds is 3. The predicted molar refractivity (Wildman–Crippen MR) is 89.6 cm³/mol. The maximum absolute atomic E-state index is 5.78. The molecular weight excluding hydrogens is 274 g/mol. The number of hydrogen-bond donors (Lipinski definition) is 3. The average Bonchev–Trinajstić information content (AvgIpc) is 2.94. The lowest BCUT2D eigenvalue weighted by molar-refractivity contribution is 1.10. The number of pyridine rings is 1. The molecule has 0 aliphatic carbocycles. The third kappa shape index (κ3) is 2.33. The second-order valence-electron chi connectivity index (χ2n) is 5.25. The van der Waals surface area contributed by atoms with E-state index in [-0.39, 0.29) is 0 Å². The summed E-state index contributed by atoms with van der Waals surface area (Å²) >= 11 is 0. The molecule has 2 aromatic heterocycles. The van der Waals surface area contributed by atoms with Gasteiger partial charge >= 0.3 is 0 Å². The van der Waals surface area contributed by atoms with Gasteiger partial charge < -0.3 is 16.0 Å². The van der Waals surface area contributed by atoms with Crippen LogP contribution in [0.2, 0.25) is 0 Å². The summed E-state index contributed by atoms with van der Waals surface area (Å²) in [5, 5.41) is 4.44. The van der Waals surface area contributed by atoms with Gasteiger partial charge in [0.25, 0.3) is 0 Å². The van der Waals surface area contributed by atoms with Gasteiger partial charge in [0.15, 0.2) is 0 Å². The van der Waals surface area contributed by atoms with E-state index >= 15 is 0 Å². The first kappa shape index (κ1) is 12.6. The number of benzene rings is 2. The van der Waals surface area contributed by atoms with Crippen LogP contribution in [0.25, 0.3) is 21.9 Å². The van der Waals surface area contributed by atoms with Gasteiger partial charge in [-0.3, -0.25) is 4.98 Å². The highest BCUT2D eigenvalue weighted by Gasteiger charge is 2.03. The molecule has 22 heavy (non-hydrogen) atoms. The van der Waals surface area contributed by atoms with Gasteiger partial charge in [-0.1, -0.05) is 18.2 Å². The SMILES string of the molecule is Nc1ccc2nc(NCc3ccc4cccnc4c3)[nH]c2c1. The molecule has 4 N–H and O–H groups in total. The second kappa shape index (κ2) is 5.04. The van der Waals surface area contributed by atoms with Crippen LogP contribution >= 0.6 is 0 Å². The molecule has 0 saturated heterocycles. The Morgan fingerprint density at radius 2 is 2.00 bits per heavy atom. The van der Waals surface area contributed by atoms with E-state index in [4.69, 9.17) is 5.73 Å². The minimum Gasteiger partial charge on any atom is -0.399 e. The molecule has 0 aliphatic rings. The molecule has 0 spiro atoms. The first-order valence-corrected chi connectivity index (χ1v) is 7.11. The lowest BCUT2D eigenvalue weighted by atomic mass is 10.1. The number of nitrogens with zero attached hydrogens (tertiary/aromatic N) is 2. The van der Waals surface area contributed by atoms with E-state index in [1.54, 1.807) is 0 Å². The standard InChI is InChI=1S/C17H15N5/c18-13-5-6-14-16(9-13)22-17(21-14)20-10-11-3-4-12-2-1-7-19-15(12)8-11/h1-9H,10,18H2,(H2,20,21,22). The molecule has 0 aliphatic heterocycles. The minimum absolute atomic E-state index is 0.682. The number of aromatic amines is 1. The molecule has 4 aromatic rings. The lowest BCUT2D eigenvalue weighted by Crippen LogP contribution is -2.00. The fourth-order valence-electron chi connectivity index (χ4n) is 2.52. The highest BCUT2D eigenvalue weighted by molar-refractivity contribution is 5.81. The van der Waals surface area contributed by atoms with Crippen molar-refractivity contribution in [2.24, 2.45) is 0 Å². The largest absolute Gasteiger partial charge is 0.399 e. The predicted octanol–water partition coefficient (Wildman–Crippen LogP) is 3.31. The van der Waals surface area contributed by atoms with Crippen molar-refractivity contribution in [3.63, 3.8) is 0 Å². The molecule has 0 atom stereocenters. The van der Waals surface area contributed by atoms with Gasteiger partial charge in [0.2, 0.25) is 5.95 Å². The third-order valence-electron chi connectivity index (χ3n) is 3.64. The van der Waals surface area contributed by atoms with E-state index in [0.717, 1.165) is 39.1 Å². The van der Waals surface area contributed by atoms with Crippen LogP contribution in [0.5, 0.6) is 0 Å². The molecule has 5 nitrogen and oxygen atoms in total. The first-order chi connectivity index (χ1) is 10.8. The Hall–Kier alpha value is -3.08. The van der Waals surface area contributed by atoms with Crippen LogP contribution in [0.3, 0.4) is 0 Å². The smallest absolute Gasteiger partial charge is 0.201 e. The van der Waals surface area contributed by atoms with E-state index in [2.05, 4.69) is 44.5 Å². The zero-order valence-electron chi connectivity index (χ0n) is 11.9. The molecule has 2 aromatic carbocycles. The molecule has 5 heteroatoms. The van der Waals surface area contributed by atoms with Gasteiger partial charge in [0.05, 0.1) is 16.6 Å². The van der Waals surface area contributed by atoms with Gasteiger partial charge in [-0.05, 0) is 35.9 Å². The summed E-state index contributed by atoms with van der Waals surface area (Å²) < 4.78 is 0. The van der Waals surface area contributed by atoms with Gasteiger partial charge in [-0.2, -0.15) is 0 Å². The maximum Gasteiger partial charge on any atom is 0.201 e. The molecule has 0 bridgehead atoms. The van der Waals surface area contributed by atoms with E-state index in [0.29, 0.717) is 6.54 Å². The Balaban J connectivity index is 1.56. The molecule has 0 amide bonds. The first-order valence-electron chi connectivity index (χ1n) is 7.11. The average molecular weight is 289 g/mol. The summed E-state index contributed by atoms with van der Waals surface area (Å²) in [5.74, 6) is 0.738. The Morgan fingerprint density at radius 1 is 1.05 bits per heavy atom. The van der Waals surface area contributed by atoms with Crippen molar-refractivity contribution in [3.05, 3.63) is 60.3 Å². The van der Waals surface area contributed by atoms with Gasteiger partial charge in [-0.15, -0.1) is 0 Å². The molecule has 4 rings (SSSR count). The molecule has 108 valence electrons. The van der Waals surface area contributed by atoms with Gasteiger partial charge in [0, 0.05) is 23.8 Å². The van der Waals surface area contributed by atoms with Crippen LogP contribution in [0.15, 0.2) is 54.7 Å². The number of nitrogens with one attached hydrogen (secondary N) is 2. The van der Waals surface area contributed by atoms with Crippen molar-refractivity contribution in [1.29, 1.82) is 0 Å². The van der Waals surface area contributed by atoms with Crippen molar-refractivity contribution in [2.75, 3.05) is 11.1 Å². The summed E-state index contributed by atoms with van der Waals surface area (Å²) in [7, 11) is 0. The highest BCUT2D eigenvalue weighted by atomic mass is 15.1. The topological polar surface area (TPSA) is 79.6 Å². The zero-order valence-corrected chi connectivity index (χ0v) is 11.9. The summed E-state index contributed by atoms with van der Waals surface area (Å²) in [4.78, 5) is 12.1. The van der Waals surface area contributed by atoms with Crippen molar-refractivity contribution >= 4 is 33.6 Å². The summed E-state index contributed by atoms with van der Waals surface area (Å²) in [5.41, 5.74) is 10.5. The fourth-order valence-corrected chi connectivity index (χ4v) is 2.52. The fraction of sp³-hybridized carbons (Fsp3) is 0.0588. The summed E-state index contributed by atoms with van der Waals surface area (Å²) in [6, 6.07) is 15.9. The maximum atomic E-state index is 5.78. The third-order valence-corrected chi connectivity index (χ3v) is 3.64. The molecule has 0 radical (unpaired) electrons. The normalized spacial score (nSPS) is 11.1. The van der Waals surface area contributed by atoms with E-state index in [9.17, 15) is 0 Å². The van der Waals surface area contributed by atoms with Gasteiger partial charge in [-0.25, -0.2) is 4.98 Å². The number of aromatic nitrogens is 3. The number of fused-ring (bicyclic) bond motifs is 2. The molecule has 0 unspecified atom stereocenters. The van der Waals surface area contributed by atoms with Crippen LogP contribution in [0.4, 0.5) is 11.6 Å². The van der Waals surface area contributed by atoms with Crippen molar-refractivity contribution < 1.29 is 0 Å². The van der Waals surface area contributed by atoms with Crippen molar-refractivity contribution in [1.82, 2.24) is 15.0 Å². The Labute approximate surface area is 127 Å². The van der Waals surface area contributed by atoms with Crippen LogP contribution in [-0.2, 0) is 6.54 Å². The monoisotopic (exact) mass is 289 g/mol. The Morgan fingerprint density at radius 3 is 2.95 bits per heavy atom. The van der Waals surface area contributed by atoms with Crippen LogP contribution in [0, 0.1) is 0 Å². The number of anilines is 2. The molecule has 2 heterocycles. The summed E-state index contributed by atoms with van der Waals surface area (Å²) in [6.45, 7) is 0.682. The molecule has 0 fully saturated rings. The number of hydrogen-bond acceptors (Lipinski definition) is 4. The minimum atomic E-state index is 0.682. The van der Waals surface area contributed by atoms with Crippen molar-refractivity contribution in [3.8, 4) is 0 Å². The van der Waals surface area contributed by atoms with Crippen molar-refractivity contribution in [2.45, 2.75) is 6.54 Å². The quantitative estimate of drug-likeness (QED) is 0.505. The lowest BCUT2D eigenvalue weighted by Gasteiger charge is -2.04. The number of imidazole rings is 1. The van der Waals surface area contributed by atoms with Crippen LogP contribution in [-0.4, -0.2) is 15.0 Å². The zero-order chi connectivity index (χ0) is 14.9. The number of nitrogens with two attached hydrogens (primary N) is 1. The Bertz CT molecular complexity index is 958. The highest BCUT2D eigenvalue weighted by Crippen LogP contribution is 2.18. The van der Waals surface area contributed by atoms with E-state index in [1.807, 2.05) is 30.5 Å². The van der Waals surface area contributed by atoms with Crippen LogP contribution < -0.4 is 11.1 Å². The number of H-pyrrole nitrogens is 1.